The molecule has 2 aromatic rings. The number of nitrogens with zero attached hydrogens (tertiary/aromatic N) is 4. The van der Waals surface area contributed by atoms with Crippen LogP contribution in [-0.2, 0) is 9.47 Å². The van der Waals surface area contributed by atoms with Crippen molar-refractivity contribution >= 4 is 11.9 Å². The van der Waals surface area contributed by atoms with Gasteiger partial charge >= 0.3 is 0 Å². The molecule has 0 radical (unpaired) electrons. The first-order valence-corrected chi connectivity index (χ1v) is 6.67. The first-order valence-electron chi connectivity index (χ1n) is 6.67. The summed E-state index contributed by atoms with van der Waals surface area (Å²) in [7, 11) is 3.10. The van der Waals surface area contributed by atoms with Crippen molar-refractivity contribution in [3.05, 3.63) is 30.3 Å². The van der Waals surface area contributed by atoms with E-state index in [2.05, 4.69) is 20.3 Å². The highest BCUT2D eigenvalue weighted by atomic mass is 16.5. The molecule has 0 aliphatic carbocycles. The first kappa shape index (κ1) is 16.1. The molecule has 0 saturated heterocycles. The highest BCUT2D eigenvalue weighted by Crippen LogP contribution is 2.19. The van der Waals surface area contributed by atoms with Crippen molar-refractivity contribution < 1.29 is 14.6 Å². The van der Waals surface area contributed by atoms with E-state index >= 15 is 0 Å². The number of aromatic nitrogens is 3. The van der Waals surface area contributed by atoms with Gasteiger partial charge in [-0.15, -0.1) is 0 Å². The Morgan fingerprint density at radius 3 is 2.50 bits per heavy atom. The lowest BCUT2D eigenvalue weighted by molar-refractivity contribution is 0.166. The van der Waals surface area contributed by atoms with Gasteiger partial charge in [0.1, 0.15) is 20.2 Å². The zero-order valence-corrected chi connectivity index (χ0v) is 12.6. The summed E-state index contributed by atoms with van der Waals surface area (Å²) in [6, 6.07) is 9.53. The van der Waals surface area contributed by atoms with E-state index < -0.39 is 0 Å². The third-order valence-corrected chi connectivity index (χ3v) is 2.77. The molecule has 0 amide bonds. The molecule has 0 unspecified atom stereocenters. The predicted octanol–water partition coefficient (Wildman–Crippen LogP) is 0.914. The highest BCUT2D eigenvalue weighted by molar-refractivity contribution is 5.58. The van der Waals surface area contributed by atoms with E-state index in [1.54, 1.807) is 7.11 Å². The van der Waals surface area contributed by atoms with Crippen LogP contribution in [0.2, 0.25) is 0 Å². The SMILES string of the molecule is COCNc1nc(-c2ccccc2)nc(N(CO)COC)n1. The van der Waals surface area contributed by atoms with Crippen LogP contribution in [-0.4, -0.2) is 54.5 Å². The van der Waals surface area contributed by atoms with Crippen LogP contribution in [0.3, 0.4) is 0 Å². The summed E-state index contributed by atoms with van der Waals surface area (Å²) < 4.78 is 10.0. The Hall–Kier alpha value is -2.29. The van der Waals surface area contributed by atoms with Gasteiger partial charge in [0, 0.05) is 19.8 Å². The zero-order valence-electron chi connectivity index (χ0n) is 12.6. The number of ether oxygens (including phenoxy) is 2. The van der Waals surface area contributed by atoms with Crippen LogP contribution < -0.4 is 10.2 Å². The fourth-order valence-electron chi connectivity index (χ4n) is 1.76. The second kappa shape index (κ2) is 8.23. The normalized spacial score (nSPS) is 10.5. The number of hydrogen-bond donors (Lipinski definition) is 2. The molecule has 0 bridgehead atoms. The van der Waals surface area contributed by atoms with Gasteiger partial charge in [0.2, 0.25) is 11.9 Å². The summed E-state index contributed by atoms with van der Waals surface area (Å²) in [5.41, 5.74) is 0.849. The summed E-state index contributed by atoms with van der Waals surface area (Å²) in [6.07, 6.45) is 0. The van der Waals surface area contributed by atoms with Gasteiger partial charge in [0.15, 0.2) is 5.82 Å². The van der Waals surface area contributed by atoms with Gasteiger partial charge in [-0.25, -0.2) is 0 Å². The van der Waals surface area contributed by atoms with Crippen LogP contribution in [0.25, 0.3) is 11.4 Å². The van der Waals surface area contributed by atoms with Gasteiger partial charge in [-0.2, -0.15) is 15.0 Å². The lowest BCUT2D eigenvalue weighted by Crippen LogP contribution is -2.29. The van der Waals surface area contributed by atoms with Crippen molar-refractivity contribution in [3.8, 4) is 11.4 Å². The molecule has 8 heteroatoms. The molecule has 0 fully saturated rings. The number of methoxy groups -OCH3 is 2. The maximum absolute atomic E-state index is 9.44. The van der Waals surface area contributed by atoms with Gasteiger partial charge < -0.3 is 19.9 Å². The average molecular weight is 305 g/mol. The Bertz CT molecular complexity index is 582. The molecule has 118 valence electrons. The lowest BCUT2D eigenvalue weighted by atomic mass is 10.2. The maximum Gasteiger partial charge on any atom is 0.234 e. The van der Waals surface area contributed by atoms with Crippen LogP contribution in [0.4, 0.5) is 11.9 Å². The van der Waals surface area contributed by atoms with Crippen LogP contribution in [0.5, 0.6) is 0 Å². The molecule has 0 atom stereocenters. The van der Waals surface area contributed by atoms with Crippen molar-refractivity contribution in [1.29, 1.82) is 0 Å². The molecule has 0 aliphatic heterocycles. The Kier molecular flexibility index (Phi) is 6.01. The van der Waals surface area contributed by atoms with Crippen LogP contribution in [0.15, 0.2) is 30.3 Å². The minimum Gasteiger partial charge on any atom is -0.376 e. The fourth-order valence-corrected chi connectivity index (χ4v) is 1.76. The molecule has 0 spiro atoms. The summed E-state index contributed by atoms with van der Waals surface area (Å²) in [4.78, 5) is 14.5. The lowest BCUT2D eigenvalue weighted by Gasteiger charge is -2.19. The van der Waals surface area contributed by atoms with Crippen LogP contribution >= 0.6 is 0 Å². The van der Waals surface area contributed by atoms with E-state index in [0.29, 0.717) is 17.7 Å². The molecule has 8 nitrogen and oxygen atoms in total. The van der Waals surface area contributed by atoms with E-state index in [9.17, 15) is 5.11 Å². The summed E-state index contributed by atoms with van der Waals surface area (Å²) >= 11 is 0. The zero-order chi connectivity index (χ0) is 15.8. The Balaban J connectivity index is 2.40. The first-order chi connectivity index (χ1) is 10.8. The fraction of sp³-hybridized carbons (Fsp3) is 0.357. The van der Waals surface area contributed by atoms with E-state index in [1.165, 1.54) is 12.0 Å². The standard InChI is InChI=1S/C14H19N5O3/c1-21-8-15-13-16-12(11-6-4-3-5-7-11)17-14(18-13)19(9-20)10-22-2/h3-7,20H,8-10H2,1-2H3,(H,15,16,17,18). The van der Waals surface area contributed by atoms with E-state index in [4.69, 9.17) is 9.47 Å². The molecule has 2 N–H and O–H groups in total. The van der Waals surface area contributed by atoms with Gasteiger partial charge in [-0.3, -0.25) is 4.90 Å². The van der Waals surface area contributed by atoms with Crippen molar-refractivity contribution in [1.82, 2.24) is 15.0 Å². The van der Waals surface area contributed by atoms with Crippen LogP contribution in [0, 0.1) is 0 Å². The molecule has 22 heavy (non-hydrogen) atoms. The maximum atomic E-state index is 9.44. The third kappa shape index (κ3) is 4.10. The summed E-state index contributed by atoms with van der Waals surface area (Å²) in [5.74, 6) is 1.18. The van der Waals surface area contributed by atoms with Crippen LogP contribution in [0.1, 0.15) is 0 Å². The van der Waals surface area contributed by atoms with Crippen molar-refractivity contribution in [2.24, 2.45) is 0 Å². The largest absolute Gasteiger partial charge is 0.376 e. The number of aliphatic hydroxyl groups is 1. The molecular formula is C14H19N5O3. The monoisotopic (exact) mass is 305 g/mol. The Morgan fingerprint density at radius 2 is 1.86 bits per heavy atom. The number of nitrogens with one attached hydrogen (secondary N) is 1. The van der Waals surface area contributed by atoms with Gasteiger partial charge in [0.25, 0.3) is 0 Å². The molecule has 1 heterocycles. The molecule has 0 saturated carbocycles. The van der Waals surface area contributed by atoms with E-state index in [-0.39, 0.29) is 20.2 Å². The van der Waals surface area contributed by atoms with Crippen molar-refractivity contribution in [2.45, 2.75) is 0 Å². The van der Waals surface area contributed by atoms with Gasteiger partial charge in [-0.05, 0) is 0 Å². The predicted molar refractivity (Wildman–Crippen MR) is 82.2 cm³/mol. The number of aliphatic hydroxyl groups excluding tert-OH is 1. The quantitative estimate of drug-likeness (QED) is 0.695. The molecule has 2 rings (SSSR count). The average Bonchev–Trinajstić information content (AvgIpc) is 2.58. The van der Waals surface area contributed by atoms with Crippen molar-refractivity contribution in [2.75, 3.05) is 44.6 Å². The third-order valence-electron chi connectivity index (χ3n) is 2.77. The number of hydrogen-bond acceptors (Lipinski definition) is 8. The van der Waals surface area contributed by atoms with Gasteiger partial charge in [-0.1, -0.05) is 30.3 Å². The Labute approximate surface area is 128 Å². The van der Waals surface area contributed by atoms with Gasteiger partial charge in [0.05, 0.1) is 0 Å². The second-order valence-corrected chi connectivity index (χ2v) is 4.36. The Morgan fingerprint density at radius 1 is 1.09 bits per heavy atom. The molecular weight excluding hydrogens is 286 g/mol. The minimum atomic E-state index is -0.268. The summed E-state index contributed by atoms with van der Waals surface area (Å²) in [5, 5.41) is 12.4. The summed E-state index contributed by atoms with van der Waals surface area (Å²) in [6.45, 7) is 0.162. The molecule has 1 aromatic carbocycles. The topological polar surface area (TPSA) is 92.6 Å². The molecule has 1 aromatic heterocycles. The molecule has 0 aliphatic rings. The highest BCUT2D eigenvalue weighted by Gasteiger charge is 2.13. The van der Waals surface area contributed by atoms with E-state index in [0.717, 1.165) is 5.56 Å². The minimum absolute atomic E-state index is 0.165. The van der Waals surface area contributed by atoms with E-state index in [1.807, 2.05) is 30.3 Å². The number of anilines is 2. The number of rotatable bonds is 8. The smallest absolute Gasteiger partial charge is 0.234 e. The second-order valence-electron chi connectivity index (χ2n) is 4.36. The number of benzene rings is 1. The van der Waals surface area contributed by atoms with Crippen molar-refractivity contribution in [3.63, 3.8) is 0 Å².